The number of carbonyl (C=O) groups is 1. The number of rotatable bonds is 6. The second-order valence-corrected chi connectivity index (χ2v) is 6.13. The van der Waals surface area contributed by atoms with Crippen molar-refractivity contribution < 1.29 is 9.53 Å². The summed E-state index contributed by atoms with van der Waals surface area (Å²) in [6, 6.07) is 21.7. The molecule has 1 N–H and O–H groups in total. The van der Waals surface area contributed by atoms with E-state index >= 15 is 0 Å². The number of aromatic nitrogens is 4. The van der Waals surface area contributed by atoms with E-state index in [4.69, 9.17) is 10.00 Å². The second-order valence-electron chi connectivity index (χ2n) is 6.13. The Hall–Kier alpha value is -4.25. The Morgan fingerprint density at radius 1 is 1.07 bits per heavy atom. The average Bonchev–Trinajstić information content (AvgIpc) is 3.20. The van der Waals surface area contributed by atoms with Crippen molar-refractivity contribution in [1.29, 1.82) is 5.26 Å². The Morgan fingerprint density at radius 2 is 1.93 bits per heavy atom. The van der Waals surface area contributed by atoms with Gasteiger partial charge in [-0.1, -0.05) is 36.4 Å². The fourth-order valence-corrected chi connectivity index (χ4v) is 2.77. The van der Waals surface area contributed by atoms with Crippen LogP contribution in [0.3, 0.4) is 0 Å². The first-order valence-corrected chi connectivity index (χ1v) is 8.93. The number of hydrogen-bond acceptors (Lipinski definition) is 6. The lowest BCUT2D eigenvalue weighted by Gasteiger charge is -2.08. The molecule has 0 aliphatic heterocycles. The van der Waals surface area contributed by atoms with Gasteiger partial charge in [-0.3, -0.25) is 4.79 Å². The largest absolute Gasteiger partial charge is 0.475 e. The van der Waals surface area contributed by atoms with Crippen LogP contribution < -0.4 is 10.1 Å². The van der Waals surface area contributed by atoms with Crippen LogP contribution in [0.1, 0.15) is 15.9 Å². The van der Waals surface area contributed by atoms with Crippen molar-refractivity contribution in [2.75, 3.05) is 13.2 Å². The monoisotopic (exact) mass is 384 g/mol. The molecule has 0 aliphatic rings. The SMILES string of the molecule is N#Cc1cccc(C(=O)NCCOc2ccc3nnc(-c4ccccc4)n3n2)c1. The standard InChI is InChI=1S/C21H16N6O2/c22-14-15-5-4-8-17(13-15)21(28)23-11-12-29-19-10-9-18-24-25-20(27(18)26-19)16-6-2-1-3-7-16/h1-10,13H,11-12H2,(H,23,28). The smallest absolute Gasteiger partial charge is 0.251 e. The first-order valence-electron chi connectivity index (χ1n) is 8.93. The summed E-state index contributed by atoms with van der Waals surface area (Å²) in [5.74, 6) is 0.756. The van der Waals surface area contributed by atoms with Gasteiger partial charge in [-0.05, 0) is 24.3 Å². The van der Waals surface area contributed by atoms with Crippen molar-refractivity contribution >= 4 is 11.6 Å². The van der Waals surface area contributed by atoms with Gasteiger partial charge in [0.15, 0.2) is 11.5 Å². The van der Waals surface area contributed by atoms with Gasteiger partial charge < -0.3 is 10.1 Å². The van der Waals surface area contributed by atoms with E-state index in [0.717, 1.165) is 5.56 Å². The molecule has 29 heavy (non-hydrogen) atoms. The molecule has 2 heterocycles. The van der Waals surface area contributed by atoms with Gasteiger partial charge in [0.1, 0.15) is 6.61 Å². The average molecular weight is 384 g/mol. The highest BCUT2D eigenvalue weighted by Gasteiger charge is 2.10. The van der Waals surface area contributed by atoms with Gasteiger partial charge >= 0.3 is 0 Å². The minimum atomic E-state index is -0.265. The Balaban J connectivity index is 1.39. The number of amides is 1. The minimum absolute atomic E-state index is 0.241. The Kier molecular flexibility index (Phi) is 5.12. The maximum atomic E-state index is 12.2. The van der Waals surface area contributed by atoms with E-state index in [1.165, 1.54) is 0 Å². The predicted molar refractivity (Wildman–Crippen MR) is 105 cm³/mol. The summed E-state index contributed by atoms with van der Waals surface area (Å²) in [6.45, 7) is 0.536. The summed E-state index contributed by atoms with van der Waals surface area (Å²) in [5.41, 5.74) is 2.38. The van der Waals surface area contributed by atoms with Gasteiger partial charge in [0.05, 0.1) is 18.2 Å². The Labute approximate surface area is 166 Å². The van der Waals surface area contributed by atoms with Crippen molar-refractivity contribution in [3.63, 3.8) is 0 Å². The lowest BCUT2D eigenvalue weighted by atomic mass is 10.1. The fourth-order valence-electron chi connectivity index (χ4n) is 2.77. The Bertz CT molecular complexity index is 1200. The lowest BCUT2D eigenvalue weighted by molar-refractivity contribution is 0.0946. The minimum Gasteiger partial charge on any atom is -0.475 e. The van der Waals surface area contributed by atoms with Crippen molar-refractivity contribution in [3.8, 4) is 23.3 Å². The summed E-state index contributed by atoms with van der Waals surface area (Å²) < 4.78 is 7.27. The summed E-state index contributed by atoms with van der Waals surface area (Å²) in [6.07, 6.45) is 0. The van der Waals surface area contributed by atoms with E-state index in [9.17, 15) is 4.79 Å². The van der Waals surface area contributed by atoms with E-state index in [1.807, 2.05) is 36.4 Å². The molecule has 2 aromatic heterocycles. The van der Waals surface area contributed by atoms with Crippen LogP contribution in [0.2, 0.25) is 0 Å². The summed E-state index contributed by atoms with van der Waals surface area (Å²) in [7, 11) is 0. The molecule has 4 rings (SSSR count). The van der Waals surface area contributed by atoms with Crippen molar-refractivity contribution in [1.82, 2.24) is 25.1 Å². The molecule has 0 fully saturated rings. The highest BCUT2D eigenvalue weighted by molar-refractivity contribution is 5.94. The van der Waals surface area contributed by atoms with Crippen LogP contribution in [0.4, 0.5) is 0 Å². The molecular weight excluding hydrogens is 368 g/mol. The Morgan fingerprint density at radius 3 is 2.76 bits per heavy atom. The first-order chi connectivity index (χ1) is 14.2. The number of nitrogens with one attached hydrogen (secondary N) is 1. The molecule has 2 aromatic carbocycles. The van der Waals surface area contributed by atoms with Crippen LogP contribution >= 0.6 is 0 Å². The molecule has 0 saturated carbocycles. The summed E-state index contributed by atoms with van der Waals surface area (Å²) in [5, 5.41) is 24.4. The molecule has 0 radical (unpaired) electrons. The molecule has 0 atom stereocenters. The number of benzene rings is 2. The van der Waals surface area contributed by atoms with Gasteiger partial charge in [0.25, 0.3) is 5.91 Å². The zero-order valence-electron chi connectivity index (χ0n) is 15.3. The highest BCUT2D eigenvalue weighted by atomic mass is 16.5. The molecule has 0 aliphatic carbocycles. The number of hydrogen-bond donors (Lipinski definition) is 1. The van der Waals surface area contributed by atoms with Crippen molar-refractivity contribution in [3.05, 3.63) is 77.9 Å². The molecule has 142 valence electrons. The zero-order valence-corrected chi connectivity index (χ0v) is 15.3. The number of fused-ring (bicyclic) bond motifs is 1. The highest BCUT2D eigenvalue weighted by Crippen LogP contribution is 2.18. The number of carbonyl (C=O) groups excluding carboxylic acids is 1. The van der Waals surface area contributed by atoms with Crippen LogP contribution in [-0.2, 0) is 0 Å². The second kappa shape index (κ2) is 8.19. The third kappa shape index (κ3) is 4.04. The summed E-state index contributed by atoms with van der Waals surface area (Å²) >= 11 is 0. The molecule has 0 bridgehead atoms. The molecule has 8 nitrogen and oxygen atoms in total. The normalized spacial score (nSPS) is 10.4. The fraction of sp³-hybridized carbons (Fsp3) is 0.0952. The predicted octanol–water partition coefficient (Wildman–Crippen LogP) is 2.47. The number of nitrogens with zero attached hydrogens (tertiary/aromatic N) is 5. The van der Waals surface area contributed by atoms with E-state index in [1.54, 1.807) is 40.9 Å². The van der Waals surface area contributed by atoms with Crippen molar-refractivity contribution in [2.45, 2.75) is 0 Å². The maximum Gasteiger partial charge on any atom is 0.251 e. The molecular formula is C21H16N6O2. The van der Waals surface area contributed by atoms with Crippen LogP contribution in [0.15, 0.2) is 66.7 Å². The van der Waals surface area contributed by atoms with E-state index in [2.05, 4.69) is 20.6 Å². The third-order valence-corrected chi connectivity index (χ3v) is 4.16. The van der Waals surface area contributed by atoms with E-state index < -0.39 is 0 Å². The molecule has 1 amide bonds. The third-order valence-electron chi connectivity index (χ3n) is 4.16. The van der Waals surface area contributed by atoms with Gasteiger partial charge in [0.2, 0.25) is 5.88 Å². The van der Waals surface area contributed by atoms with E-state index in [0.29, 0.717) is 35.0 Å². The quantitative estimate of drug-likeness (QED) is 0.512. The van der Waals surface area contributed by atoms with Crippen LogP contribution in [-0.4, -0.2) is 38.9 Å². The molecule has 0 spiro atoms. The topological polar surface area (TPSA) is 105 Å². The molecule has 0 unspecified atom stereocenters. The number of ether oxygens (including phenoxy) is 1. The molecule has 0 saturated heterocycles. The van der Waals surface area contributed by atoms with Gasteiger partial charge in [-0.15, -0.1) is 15.3 Å². The van der Waals surface area contributed by atoms with Crippen LogP contribution in [0, 0.1) is 11.3 Å². The molecule has 8 heteroatoms. The van der Waals surface area contributed by atoms with Crippen molar-refractivity contribution in [2.24, 2.45) is 0 Å². The van der Waals surface area contributed by atoms with Gasteiger partial charge in [-0.2, -0.15) is 9.78 Å². The maximum absolute atomic E-state index is 12.2. The summed E-state index contributed by atoms with van der Waals surface area (Å²) in [4.78, 5) is 12.2. The zero-order chi connectivity index (χ0) is 20.1. The van der Waals surface area contributed by atoms with Crippen LogP contribution in [0.5, 0.6) is 5.88 Å². The van der Waals surface area contributed by atoms with E-state index in [-0.39, 0.29) is 12.5 Å². The first kappa shape index (κ1) is 18.1. The lowest BCUT2D eigenvalue weighted by Crippen LogP contribution is -2.28. The van der Waals surface area contributed by atoms with Gasteiger partial charge in [-0.25, -0.2) is 0 Å². The number of nitriles is 1. The molecule has 4 aromatic rings. The van der Waals surface area contributed by atoms with Gasteiger partial charge in [0, 0.05) is 17.2 Å². The van der Waals surface area contributed by atoms with Crippen LogP contribution in [0.25, 0.3) is 17.0 Å².